The molecule has 0 spiro atoms. The number of carboxylic acids is 1. The molecular formula is C9H17N3O5. The van der Waals surface area contributed by atoms with Crippen LogP contribution in [0.1, 0.15) is 6.42 Å². The van der Waals surface area contributed by atoms with Crippen molar-refractivity contribution in [1.29, 1.82) is 0 Å². The molecular weight excluding hydrogens is 230 g/mol. The highest BCUT2D eigenvalue weighted by Crippen LogP contribution is 1.94. The summed E-state index contributed by atoms with van der Waals surface area (Å²) >= 11 is 0. The number of hydrazine groups is 1. The SMILES string of the molecule is O=C(NC(CCO)C(=O)O)NN1CCOCC1. The van der Waals surface area contributed by atoms with E-state index in [1.54, 1.807) is 5.01 Å². The van der Waals surface area contributed by atoms with Gasteiger partial charge in [0.2, 0.25) is 0 Å². The van der Waals surface area contributed by atoms with E-state index in [9.17, 15) is 9.59 Å². The van der Waals surface area contributed by atoms with Gasteiger partial charge in [0, 0.05) is 26.1 Å². The number of hydrogen-bond acceptors (Lipinski definition) is 5. The molecule has 1 aliphatic heterocycles. The first-order valence-electron chi connectivity index (χ1n) is 5.37. The molecule has 0 bridgehead atoms. The maximum Gasteiger partial charge on any atom is 0.330 e. The molecule has 1 aliphatic rings. The van der Waals surface area contributed by atoms with E-state index >= 15 is 0 Å². The van der Waals surface area contributed by atoms with E-state index in [2.05, 4.69) is 10.7 Å². The molecule has 1 fully saturated rings. The average molecular weight is 247 g/mol. The van der Waals surface area contributed by atoms with Crippen molar-refractivity contribution in [1.82, 2.24) is 15.8 Å². The van der Waals surface area contributed by atoms with Crippen LogP contribution in [0.2, 0.25) is 0 Å². The third-order valence-corrected chi connectivity index (χ3v) is 2.29. The van der Waals surface area contributed by atoms with E-state index in [1.807, 2.05) is 0 Å². The summed E-state index contributed by atoms with van der Waals surface area (Å²) in [6, 6.07) is -1.67. The molecule has 8 heteroatoms. The van der Waals surface area contributed by atoms with Crippen molar-refractivity contribution in [2.45, 2.75) is 12.5 Å². The van der Waals surface area contributed by atoms with Crippen LogP contribution in [-0.2, 0) is 9.53 Å². The molecule has 1 heterocycles. The minimum absolute atomic E-state index is 0.0220. The summed E-state index contributed by atoms with van der Waals surface area (Å²) in [6.07, 6.45) is -0.0220. The Balaban J connectivity index is 2.33. The van der Waals surface area contributed by atoms with Crippen molar-refractivity contribution < 1.29 is 24.5 Å². The number of nitrogens with zero attached hydrogens (tertiary/aromatic N) is 1. The largest absolute Gasteiger partial charge is 0.480 e. The first-order valence-corrected chi connectivity index (χ1v) is 5.37. The van der Waals surface area contributed by atoms with Crippen LogP contribution in [0.3, 0.4) is 0 Å². The summed E-state index contributed by atoms with van der Waals surface area (Å²) in [5, 5.41) is 21.4. The van der Waals surface area contributed by atoms with Gasteiger partial charge in [-0.25, -0.2) is 14.6 Å². The lowest BCUT2D eigenvalue weighted by molar-refractivity contribution is -0.139. The fourth-order valence-electron chi connectivity index (χ4n) is 1.40. The number of carbonyl (C=O) groups excluding carboxylic acids is 1. The fraction of sp³-hybridized carbons (Fsp3) is 0.778. The molecule has 0 radical (unpaired) electrons. The van der Waals surface area contributed by atoms with Crippen LogP contribution in [0, 0.1) is 0 Å². The lowest BCUT2D eigenvalue weighted by atomic mass is 10.2. The van der Waals surface area contributed by atoms with Crippen molar-refractivity contribution in [2.24, 2.45) is 0 Å². The van der Waals surface area contributed by atoms with Crippen LogP contribution in [0.5, 0.6) is 0 Å². The van der Waals surface area contributed by atoms with Gasteiger partial charge in [-0.15, -0.1) is 0 Å². The second-order valence-electron chi connectivity index (χ2n) is 3.59. The fourth-order valence-corrected chi connectivity index (χ4v) is 1.40. The molecule has 1 saturated heterocycles. The molecule has 1 unspecified atom stereocenters. The molecule has 98 valence electrons. The van der Waals surface area contributed by atoms with Gasteiger partial charge in [-0.05, 0) is 0 Å². The number of nitrogens with one attached hydrogen (secondary N) is 2. The molecule has 0 saturated carbocycles. The van der Waals surface area contributed by atoms with E-state index in [-0.39, 0.29) is 13.0 Å². The smallest absolute Gasteiger partial charge is 0.330 e. The first-order chi connectivity index (χ1) is 8.13. The average Bonchev–Trinajstić information content (AvgIpc) is 2.29. The highest BCUT2D eigenvalue weighted by atomic mass is 16.5. The van der Waals surface area contributed by atoms with Gasteiger partial charge in [-0.1, -0.05) is 0 Å². The van der Waals surface area contributed by atoms with Crippen molar-refractivity contribution in [3.8, 4) is 0 Å². The van der Waals surface area contributed by atoms with Gasteiger partial charge in [0.05, 0.1) is 13.2 Å². The van der Waals surface area contributed by atoms with Crippen molar-refractivity contribution >= 4 is 12.0 Å². The quantitative estimate of drug-likeness (QED) is 0.464. The van der Waals surface area contributed by atoms with Gasteiger partial charge in [0.25, 0.3) is 0 Å². The Labute approximate surface area is 98.5 Å². The number of hydrogen-bond donors (Lipinski definition) is 4. The molecule has 1 atom stereocenters. The highest BCUT2D eigenvalue weighted by molar-refractivity contribution is 5.82. The number of aliphatic hydroxyl groups is 1. The van der Waals surface area contributed by atoms with Gasteiger partial charge in [-0.2, -0.15) is 0 Å². The van der Waals surface area contributed by atoms with Crippen LogP contribution >= 0.6 is 0 Å². The summed E-state index contributed by atoms with van der Waals surface area (Å²) in [6.45, 7) is 1.88. The number of aliphatic carboxylic acids is 1. The third-order valence-electron chi connectivity index (χ3n) is 2.29. The minimum Gasteiger partial charge on any atom is -0.480 e. The number of carbonyl (C=O) groups is 2. The molecule has 4 N–H and O–H groups in total. The van der Waals surface area contributed by atoms with E-state index in [1.165, 1.54) is 0 Å². The number of rotatable bonds is 5. The maximum absolute atomic E-state index is 11.5. The number of amides is 2. The van der Waals surface area contributed by atoms with E-state index in [0.717, 1.165) is 0 Å². The standard InChI is InChI=1S/C9H17N3O5/c13-4-1-7(8(14)15)10-9(16)11-12-2-5-17-6-3-12/h7,13H,1-6H2,(H,14,15)(H2,10,11,16). The van der Waals surface area contributed by atoms with Crippen LogP contribution in [0.25, 0.3) is 0 Å². The zero-order valence-corrected chi connectivity index (χ0v) is 9.39. The number of aliphatic hydroxyl groups excluding tert-OH is 1. The Morgan fingerprint density at radius 2 is 2.00 bits per heavy atom. The predicted molar refractivity (Wildman–Crippen MR) is 57.2 cm³/mol. The van der Waals surface area contributed by atoms with Crippen molar-refractivity contribution in [2.75, 3.05) is 32.9 Å². The third kappa shape index (κ3) is 4.98. The van der Waals surface area contributed by atoms with Crippen LogP contribution in [-0.4, -0.2) is 66.2 Å². The molecule has 1 rings (SSSR count). The number of carboxylic acid groups (broad SMARTS) is 1. The Kier molecular flexibility index (Phi) is 5.67. The van der Waals surface area contributed by atoms with Crippen molar-refractivity contribution in [3.05, 3.63) is 0 Å². The summed E-state index contributed by atoms with van der Waals surface area (Å²) in [5.41, 5.74) is 2.52. The molecule has 0 aliphatic carbocycles. The maximum atomic E-state index is 11.5. The van der Waals surface area contributed by atoms with Crippen LogP contribution in [0.15, 0.2) is 0 Å². The first kappa shape index (κ1) is 13.7. The molecule has 0 aromatic heterocycles. The molecule has 8 nitrogen and oxygen atoms in total. The van der Waals surface area contributed by atoms with Crippen molar-refractivity contribution in [3.63, 3.8) is 0 Å². The van der Waals surface area contributed by atoms with Crippen LogP contribution < -0.4 is 10.7 Å². The Morgan fingerprint density at radius 1 is 1.35 bits per heavy atom. The van der Waals surface area contributed by atoms with Gasteiger partial charge in [-0.3, -0.25) is 5.43 Å². The molecule has 0 aromatic carbocycles. The van der Waals surface area contributed by atoms with E-state index < -0.39 is 18.0 Å². The van der Waals surface area contributed by atoms with Gasteiger partial charge >= 0.3 is 12.0 Å². The summed E-state index contributed by atoms with van der Waals surface area (Å²) in [5.74, 6) is -1.17. The summed E-state index contributed by atoms with van der Waals surface area (Å²) in [4.78, 5) is 22.2. The van der Waals surface area contributed by atoms with Gasteiger partial charge in [0.1, 0.15) is 6.04 Å². The minimum atomic E-state index is -1.17. The second-order valence-corrected chi connectivity index (χ2v) is 3.59. The highest BCUT2D eigenvalue weighted by Gasteiger charge is 2.20. The number of morpholine rings is 1. The molecule has 0 aromatic rings. The monoisotopic (exact) mass is 247 g/mol. The molecule has 17 heavy (non-hydrogen) atoms. The van der Waals surface area contributed by atoms with E-state index in [0.29, 0.717) is 26.3 Å². The Bertz CT molecular complexity index is 267. The normalized spacial score (nSPS) is 18.4. The van der Waals surface area contributed by atoms with Crippen LogP contribution in [0.4, 0.5) is 4.79 Å². The second kappa shape index (κ2) is 7.05. The predicted octanol–water partition coefficient (Wildman–Crippen LogP) is -1.63. The zero-order valence-electron chi connectivity index (χ0n) is 9.39. The zero-order chi connectivity index (χ0) is 12.7. The Hall–Kier alpha value is -1.38. The molecule has 2 amide bonds. The topological polar surface area (TPSA) is 111 Å². The van der Waals surface area contributed by atoms with E-state index in [4.69, 9.17) is 14.9 Å². The number of ether oxygens (including phenoxy) is 1. The summed E-state index contributed by atoms with van der Waals surface area (Å²) < 4.78 is 5.10. The van der Waals surface area contributed by atoms with Gasteiger partial charge in [0.15, 0.2) is 0 Å². The lowest BCUT2D eigenvalue weighted by Crippen LogP contribution is -2.54. The number of urea groups is 1. The lowest BCUT2D eigenvalue weighted by Gasteiger charge is -2.27. The summed E-state index contributed by atoms with van der Waals surface area (Å²) in [7, 11) is 0. The van der Waals surface area contributed by atoms with Gasteiger partial charge < -0.3 is 20.3 Å². The Morgan fingerprint density at radius 3 is 2.53 bits per heavy atom.